The van der Waals surface area contributed by atoms with Gasteiger partial charge in [0.05, 0.1) is 12.1 Å². The minimum atomic E-state index is -1.57. The van der Waals surface area contributed by atoms with Gasteiger partial charge in [-0.1, -0.05) is 0 Å². The maximum Gasteiger partial charge on any atom is 0.325 e. The highest BCUT2D eigenvalue weighted by Gasteiger charge is 2.62. The van der Waals surface area contributed by atoms with Crippen LogP contribution in [0.2, 0.25) is 0 Å². The molecule has 2 fully saturated rings. The van der Waals surface area contributed by atoms with Crippen molar-refractivity contribution in [3.05, 3.63) is 0 Å². The molecule has 2 rings (SSSR count). The first-order valence-corrected chi connectivity index (χ1v) is 7.62. The lowest BCUT2D eigenvalue weighted by Crippen LogP contribution is -2.75. The molecule has 7 heteroatoms. The molecule has 22 heavy (non-hydrogen) atoms. The van der Waals surface area contributed by atoms with Crippen LogP contribution in [0.5, 0.6) is 0 Å². The predicted molar refractivity (Wildman–Crippen MR) is 76.4 cm³/mol. The van der Waals surface area contributed by atoms with Crippen LogP contribution in [-0.2, 0) is 23.9 Å². The monoisotopic (exact) mass is 315 g/mol. The summed E-state index contributed by atoms with van der Waals surface area (Å²) >= 11 is 0. The zero-order chi connectivity index (χ0) is 16.6. The van der Waals surface area contributed by atoms with E-state index in [-0.39, 0.29) is 25.4 Å². The Morgan fingerprint density at radius 1 is 1.09 bits per heavy atom. The lowest BCUT2D eigenvalue weighted by molar-refractivity contribution is -0.396. The van der Waals surface area contributed by atoms with Gasteiger partial charge in [-0.2, -0.15) is 0 Å². The average Bonchev–Trinajstić information content (AvgIpc) is 2.43. The van der Waals surface area contributed by atoms with Crippen LogP contribution in [0.4, 0.5) is 0 Å². The zero-order valence-electron chi connectivity index (χ0n) is 13.7. The van der Waals surface area contributed by atoms with Crippen LogP contribution in [0.25, 0.3) is 0 Å². The third kappa shape index (κ3) is 2.85. The number of hydroxylamine groups is 2. The number of ether oxygens (including phenoxy) is 2. The molecule has 0 spiro atoms. The maximum absolute atomic E-state index is 12.1. The van der Waals surface area contributed by atoms with Gasteiger partial charge in [-0.25, -0.2) is 0 Å². The second kappa shape index (κ2) is 5.79. The first-order chi connectivity index (χ1) is 10.1. The van der Waals surface area contributed by atoms with Crippen LogP contribution in [0.3, 0.4) is 0 Å². The van der Waals surface area contributed by atoms with Crippen molar-refractivity contribution >= 4 is 11.9 Å². The Morgan fingerprint density at radius 2 is 1.68 bits per heavy atom. The standard InChI is InChI=1S/C15H25NO6/c1-13(2)10-20-15(9-17)14(3,4)16(13)22-12(19)8-6-5-7-11(18)21-15/h17H,5-10H2,1-4H3. The fourth-order valence-corrected chi connectivity index (χ4v) is 3.02. The number of morpholine rings is 1. The van der Waals surface area contributed by atoms with E-state index in [0.29, 0.717) is 12.8 Å². The number of aliphatic hydroxyl groups excluding tert-OH is 1. The summed E-state index contributed by atoms with van der Waals surface area (Å²) in [7, 11) is 0. The lowest BCUT2D eigenvalue weighted by Gasteiger charge is -2.57. The summed E-state index contributed by atoms with van der Waals surface area (Å²) < 4.78 is 11.3. The van der Waals surface area contributed by atoms with Crippen molar-refractivity contribution < 1.29 is 29.0 Å². The Bertz CT molecular complexity index is 461. The summed E-state index contributed by atoms with van der Waals surface area (Å²) in [5.74, 6) is -2.37. The topological polar surface area (TPSA) is 85.3 Å². The summed E-state index contributed by atoms with van der Waals surface area (Å²) in [5, 5.41) is 11.4. The fraction of sp³-hybridized carbons (Fsp3) is 0.867. The molecule has 0 aromatic heterocycles. The number of hydrogen-bond donors (Lipinski definition) is 1. The molecule has 2 bridgehead atoms. The molecule has 0 saturated carbocycles. The number of nitrogens with zero attached hydrogens (tertiary/aromatic N) is 1. The van der Waals surface area contributed by atoms with Gasteiger partial charge in [0.25, 0.3) is 5.79 Å². The molecule has 2 aliphatic rings. The molecular weight excluding hydrogens is 290 g/mol. The van der Waals surface area contributed by atoms with Crippen LogP contribution in [-0.4, -0.2) is 52.2 Å². The summed E-state index contributed by atoms with van der Waals surface area (Å²) in [4.78, 5) is 29.7. The van der Waals surface area contributed by atoms with Crippen LogP contribution < -0.4 is 0 Å². The van der Waals surface area contributed by atoms with Crippen molar-refractivity contribution in [3.63, 3.8) is 0 Å². The van der Waals surface area contributed by atoms with E-state index in [2.05, 4.69) is 0 Å². The number of aliphatic hydroxyl groups is 1. The second-order valence-corrected chi connectivity index (χ2v) is 7.01. The Morgan fingerprint density at radius 3 is 2.27 bits per heavy atom. The van der Waals surface area contributed by atoms with E-state index in [1.165, 1.54) is 5.06 Å². The van der Waals surface area contributed by atoms with Gasteiger partial charge in [0.2, 0.25) is 0 Å². The van der Waals surface area contributed by atoms with Gasteiger partial charge in [0.15, 0.2) is 0 Å². The van der Waals surface area contributed by atoms with Crippen molar-refractivity contribution in [1.82, 2.24) is 5.06 Å². The normalized spacial score (nSPS) is 35.0. The van der Waals surface area contributed by atoms with Crippen LogP contribution in [0, 0.1) is 0 Å². The Balaban J connectivity index is 2.46. The zero-order valence-corrected chi connectivity index (χ0v) is 13.7. The highest BCUT2D eigenvalue weighted by molar-refractivity contribution is 5.71. The molecule has 0 radical (unpaired) electrons. The number of carbonyl (C=O) groups is 2. The molecule has 0 aromatic carbocycles. The third-order valence-corrected chi connectivity index (χ3v) is 4.34. The Hall–Kier alpha value is -1.18. The minimum absolute atomic E-state index is 0.150. The molecule has 2 heterocycles. The van der Waals surface area contributed by atoms with Gasteiger partial charge in [-0.15, -0.1) is 5.06 Å². The average molecular weight is 315 g/mol. The molecular formula is C15H25NO6. The molecule has 7 nitrogen and oxygen atoms in total. The predicted octanol–water partition coefficient (Wildman–Crippen LogP) is 1.14. The smallest absolute Gasteiger partial charge is 0.325 e. The quantitative estimate of drug-likeness (QED) is 0.726. The minimum Gasteiger partial charge on any atom is -0.428 e. The number of carbonyl (C=O) groups excluding carboxylic acids is 2. The largest absolute Gasteiger partial charge is 0.428 e. The van der Waals surface area contributed by atoms with E-state index in [1.54, 1.807) is 13.8 Å². The van der Waals surface area contributed by atoms with E-state index in [4.69, 9.17) is 14.3 Å². The van der Waals surface area contributed by atoms with Crippen LogP contribution in [0.1, 0.15) is 53.4 Å². The summed E-state index contributed by atoms with van der Waals surface area (Å²) in [6, 6.07) is 0. The molecule has 1 N–H and O–H groups in total. The molecule has 2 atom stereocenters. The highest BCUT2D eigenvalue weighted by Crippen LogP contribution is 2.43. The van der Waals surface area contributed by atoms with Crippen LogP contribution >= 0.6 is 0 Å². The van der Waals surface area contributed by atoms with Crippen molar-refractivity contribution in [3.8, 4) is 0 Å². The fourth-order valence-electron chi connectivity index (χ4n) is 3.02. The van der Waals surface area contributed by atoms with Gasteiger partial charge >= 0.3 is 11.9 Å². The van der Waals surface area contributed by atoms with E-state index in [9.17, 15) is 14.7 Å². The molecule has 0 amide bonds. The number of fused-ring (bicyclic) bond motifs is 2. The molecule has 0 aromatic rings. The summed E-state index contributed by atoms with van der Waals surface area (Å²) in [5.41, 5.74) is -1.66. The van der Waals surface area contributed by atoms with Crippen molar-refractivity contribution in [2.75, 3.05) is 13.2 Å². The molecule has 2 unspecified atom stereocenters. The highest BCUT2D eigenvalue weighted by atomic mass is 16.8. The van der Waals surface area contributed by atoms with Crippen molar-refractivity contribution in [2.45, 2.75) is 70.2 Å². The third-order valence-electron chi connectivity index (χ3n) is 4.34. The molecule has 126 valence electrons. The first kappa shape index (κ1) is 17.2. The second-order valence-electron chi connectivity index (χ2n) is 7.01. The molecule has 2 aliphatic heterocycles. The van der Waals surface area contributed by atoms with Crippen molar-refractivity contribution in [1.29, 1.82) is 0 Å². The maximum atomic E-state index is 12.1. The Labute approximate surface area is 130 Å². The van der Waals surface area contributed by atoms with Gasteiger partial charge in [0.1, 0.15) is 12.1 Å². The lowest BCUT2D eigenvalue weighted by atomic mass is 9.85. The van der Waals surface area contributed by atoms with E-state index >= 15 is 0 Å². The van der Waals surface area contributed by atoms with Gasteiger partial charge in [-0.3, -0.25) is 9.59 Å². The van der Waals surface area contributed by atoms with Gasteiger partial charge in [0, 0.05) is 12.8 Å². The molecule has 2 saturated heterocycles. The van der Waals surface area contributed by atoms with E-state index < -0.39 is 29.4 Å². The van der Waals surface area contributed by atoms with Gasteiger partial charge < -0.3 is 19.4 Å². The first-order valence-electron chi connectivity index (χ1n) is 7.62. The molecule has 0 aliphatic carbocycles. The van der Waals surface area contributed by atoms with Gasteiger partial charge in [-0.05, 0) is 40.5 Å². The van der Waals surface area contributed by atoms with Crippen LogP contribution in [0.15, 0.2) is 0 Å². The Kier molecular flexibility index (Phi) is 4.52. The summed E-state index contributed by atoms with van der Waals surface area (Å²) in [6.45, 7) is 6.81. The number of esters is 1. The van der Waals surface area contributed by atoms with E-state index in [1.807, 2.05) is 13.8 Å². The summed E-state index contributed by atoms with van der Waals surface area (Å²) in [6.07, 6.45) is 1.50. The van der Waals surface area contributed by atoms with E-state index in [0.717, 1.165) is 0 Å². The number of hydrogen-bond acceptors (Lipinski definition) is 7. The van der Waals surface area contributed by atoms with Crippen molar-refractivity contribution in [2.24, 2.45) is 0 Å². The SMILES string of the molecule is CC1(C)COC2(CO)OC(=O)CCCCC(=O)ON1C2(C)C. The number of rotatable bonds is 1.